The molecule has 1 aliphatic rings. The molecular weight excluding hydrogens is 210 g/mol. The van der Waals surface area contributed by atoms with Crippen LogP contribution in [0.2, 0.25) is 0 Å². The number of fused-ring (bicyclic) bond motifs is 1. The number of methoxy groups -OCH3 is 1. The zero-order valence-corrected chi connectivity index (χ0v) is 9.94. The number of aryl methyl sites for hydroxylation is 1. The smallest absolute Gasteiger partial charge is 0.213 e. The fourth-order valence-corrected chi connectivity index (χ4v) is 2.58. The number of pyridine rings is 1. The van der Waals surface area contributed by atoms with E-state index in [0.717, 1.165) is 0 Å². The lowest BCUT2D eigenvalue weighted by atomic mass is 9.98. The maximum absolute atomic E-state index is 5.18. The highest BCUT2D eigenvalue weighted by Crippen LogP contribution is 2.32. The minimum atomic E-state index is 0.679. The van der Waals surface area contributed by atoms with Crippen LogP contribution in [0.15, 0.2) is 36.5 Å². The van der Waals surface area contributed by atoms with E-state index in [1.807, 2.05) is 12.3 Å². The number of nitrogens with zero attached hydrogens (tertiary/aromatic N) is 1. The van der Waals surface area contributed by atoms with Crippen LogP contribution in [0.5, 0.6) is 5.88 Å². The van der Waals surface area contributed by atoms with Gasteiger partial charge in [-0.05, 0) is 47.6 Å². The summed E-state index contributed by atoms with van der Waals surface area (Å²) in [7, 11) is 1.65. The Morgan fingerprint density at radius 1 is 1.18 bits per heavy atom. The van der Waals surface area contributed by atoms with E-state index < -0.39 is 0 Å². The summed E-state index contributed by atoms with van der Waals surface area (Å²) < 4.78 is 5.18. The molecule has 0 saturated carbocycles. The largest absolute Gasteiger partial charge is 0.481 e. The summed E-state index contributed by atoms with van der Waals surface area (Å²) in [5, 5.41) is 0. The van der Waals surface area contributed by atoms with Gasteiger partial charge in [0.05, 0.1) is 7.11 Å². The van der Waals surface area contributed by atoms with Crippen molar-refractivity contribution >= 4 is 0 Å². The Balaban J connectivity index is 2.12. The monoisotopic (exact) mass is 225 g/mol. The summed E-state index contributed by atoms with van der Waals surface area (Å²) in [6.45, 7) is 0. The fraction of sp³-hybridized carbons (Fsp3) is 0.267. The number of benzene rings is 1. The first-order valence-electron chi connectivity index (χ1n) is 5.99. The molecule has 1 heterocycles. The van der Waals surface area contributed by atoms with E-state index in [1.54, 1.807) is 7.11 Å². The molecule has 1 aromatic heterocycles. The second kappa shape index (κ2) is 4.21. The quantitative estimate of drug-likeness (QED) is 0.782. The summed E-state index contributed by atoms with van der Waals surface area (Å²) >= 11 is 0. The van der Waals surface area contributed by atoms with Crippen LogP contribution in [0.1, 0.15) is 17.5 Å². The molecule has 0 unspecified atom stereocenters. The van der Waals surface area contributed by atoms with Gasteiger partial charge in [0.2, 0.25) is 5.88 Å². The third-order valence-corrected chi connectivity index (χ3v) is 3.40. The Labute approximate surface area is 101 Å². The van der Waals surface area contributed by atoms with Gasteiger partial charge in [-0.1, -0.05) is 18.2 Å². The SMILES string of the molecule is COc1cc(-c2cccc3c2CCC3)ccn1. The first-order chi connectivity index (χ1) is 8.38. The molecule has 0 bridgehead atoms. The molecule has 0 aliphatic heterocycles. The summed E-state index contributed by atoms with van der Waals surface area (Å²) in [4.78, 5) is 4.15. The number of hydrogen-bond acceptors (Lipinski definition) is 2. The Kier molecular flexibility index (Phi) is 2.56. The summed E-state index contributed by atoms with van der Waals surface area (Å²) in [5.74, 6) is 0.679. The molecular formula is C15H15NO. The molecule has 0 saturated heterocycles. The second-order valence-electron chi connectivity index (χ2n) is 4.38. The van der Waals surface area contributed by atoms with Crippen molar-refractivity contribution in [3.8, 4) is 17.0 Å². The molecule has 0 N–H and O–H groups in total. The van der Waals surface area contributed by atoms with Gasteiger partial charge in [0.1, 0.15) is 0 Å². The van der Waals surface area contributed by atoms with Gasteiger partial charge in [0.15, 0.2) is 0 Å². The summed E-state index contributed by atoms with van der Waals surface area (Å²) in [6.07, 6.45) is 5.48. The van der Waals surface area contributed by atoms with Crippen molar-refractivity contribution in [2.75, 3.05) is 7.11 Å². The lowest BCUT2D eigenvalue weighted by Gasteiger charge is -2.09. The Morgan fingerprint density at radius 3 is 3.00 bits per heavy atom. The van der Waals surface area contributed by atoms with E-state index in [0.29, 0.717) is 5.88 Å². The highest BCUT2D eigenvalue weighted by Gasteiger charge is 2.15. The van der Waals surface area contributed by atoms with Crippen molar-refractivity contribution in [1.29, 1.82) is 0 Å². The van der Waals surface area contributed by atoms with Crippen LogP contribution in [0.25, 0.3) is 11.1 Å². The minimum absolute atomic E-state index is 0.679. The average molecular weight is 225 g/mol. The predicted octanol–water partition coefficient (Wildman–Crippen LogP) is 3.25. The molecule has 2 aromatic rings. The van der Waals surface area contributed by atoms with Crippen molar-refractivity contribution in [1.82, 2.24) is 4.98 Å². The van der Waals surface area contributed by atoms with Crippen LogP contribution in [0, 0.1) is 0 Å². The highest BCUT2D eigenvalue weighted by molar-refractivity contribution is 5.70. The number of hydrogen-bond donors (Lipinski definition) is 0. The molecule has 0 amide bonds. The molecule has 0 fully saturated rings. The molecule has 1 aliphatic carbocycles. The van der Waals surface area contributed by atoms with Crippen LogP contribution >= 0.6 is 0 Å². The minimum Gasteiger partial charge on any atom is -0.481 e. The zero-order valence-electron chi connectivity index (χ0n) is 9.94. The molecule has 17 heavy (non-hydrogen) atoms. The molecule has 0 atom stereocenters. The van der Waals surface area contributed by atoms with Crippen LogP contribution in [0.3, 0.4) is 0 Å². The Bertz CT molecular complexity index is 548. The maximum atomic E-state index is 5.18. The topological polar surface area (TPSA) is 22.1 Å². The average Bonchev–Trinajstić information content (AvgIpc) is 2.87. The van der Waals surface area contributed by atoms with Crippen LogP contribution in [0.4, 0.5) is 0 Å². The van der Waals surface area contributed by atoms with Gasteiger partial charge < -0.3 is 4.74 Å². The van der Waals surface area contributed by atoms with E-state index in [4.69, 9.17) is 4.74 Å². The van der Waals surface area contributed by atoms with Crippen LogP contribution in [-0.4, -0.2) is 12.1 Å². The second-order valence-corrected chi connectivity index (χ2v) is 4.38. The number of ether oxygens (including phenoxy) is 1. The third kappa shape index (κ3) is 1.80. The van der Waals surface area contributed by atoms with Crippen molar-refractivity contribution in [2.45, 2.75) is 19.3 Å². The summed E-state index contributed by atoms with van der Waals surface area (Å²) in [5.41, 5.74) is 5.54. The van der Waals surface area contributed by atoms with Gasteiger partial charge in [-0.3, -0.25) is 0 Å². The maximum Gasteiger partial charge on any atom is 0.213 e. The van der Waals surface area contributed by atoms with Gasteiger partial charge in [-0.2, -0.15) is 0 Å². The van der Waals surface area contributed by atoms with E-state index in [-0.39, 0.29) is 0 Å². The summed E-state index contributed by atoms with van der Waals surface area (Å²) in [6, 6.07) is 10.6. The van der Waals surface area contributed by atoms with Crippen molar-refractivity contribution in [3.05, 3.63) is 47.7 Å². The standard InChI is InChI=1S/C15H15NO/c1-17-15-10-12(8-9-16-15)14-7-3-5-11-4-2-6-13(11)14/h3,5,7-10H,2,4,6H2,1H3. The van der Waals surface area contributed by atoms with Crippen molar-refractivity contribution in [3.63, 3.8) is 0 Å². The predicted molar refractivity (Wildman–Crippen MR) is 68.3 cm³/mol. The molecule has 86 valence electrons. The van der Waals surface area contributed by atoms with Crippen molar-refractivity contribution in [2.24, 2.45) is 0 Å². The normalized spacial score (nSPS) is 13.5. The first-order valence-corrected chi connectivity index (χ1v) is 5.99. The van der Waals surface area contributed by atoms with E-state index in [2.05, 4.69) is 29.2 Å². The highest BCUT2D eigenvalue weighted by atomic mass is 16.5. The number of rotatable bonds is 2. The fourth-order valence-electron chi connectivity index (χ4n) is 2.58. The van der Waals surface area contributed by atoms with Crippen LogP contribution in [-0.2, 0) is 12.8 Å². The first kappa shape index (κ1) is 10.3. The lowest BCUT2D eigenvalue weighted by Crippen LogP contribution is -1.91. The Morgan fingerprint density at radius 2 is 2.12 bits per heavy atom. The molecule has 3 rings (SSSR count). The van der Waals surface area contributed by atoms with Gasteiger partial charge in [0, 0.05) is 12.3 Å². The molecule has 0 spiro atoms. The molecule has 1 aromatic carbocycles. The van der Waals surface area contributed by atoms with Gasteiger partial charge in [-0.25, -0.2) is 4.98 Å². The van der Waals surface area contributed by atoms with Crippen molar-refractivity contribution < 1.29 is 4.74 Å². The van der Waals surface area contributed by atoms with Gasteiger partial charge in [0.25, 0.3) is 0 Å². The van der Waals surface area contributed by atoms with E-state index in [1.165, 1.54) is 41.5 Å². The lowest BCUT2D eigenvalue weighted by molar-refractivity contribution is 0.398. The molecule has 0 radical (unpaired) electrons. The van der Waals surface area contributed by atoms with Gasteiger partial charge in [-0.15, -0.1) is 0 Å². The van der Waals surface area contributed by atoms with Gasteiger partial charge >= 0.3 is 0 Å². The number of aromatic nitrogens is 1. The molecule has 2 nitrogen and oxygen atoms in total. The Hall–Kier alpha value is -1.83. The third-order valence-electron chi connectivity index (χ3n) is 3.40. The van der Waals surface area contributed by atoms with E-state index in [9.17, 15) is 0 Å². The van der Waals surface area contributed by atoms with Crippen LogP contribution < -0.4 is 4.74 Å². The zero-order chi connectivity index (χ0) is 11.7. The molecule has 2 heteroatoms. The van der Waals surface area contributed by atoms with E-state index >= 15 is 0 Å².